The van der Waals surface area contributed by atoms with Crippen molar-refractivity contribution in [1.82, 2.24) is 4.98 Å². The zero-order chi connectivity index (χ0) is 7.56. The molecule has 0 saturated heterocycles. The van der Waals surface area contributed by atoms with Crippen molar-refractivity contribution >= 4 is 32.7 Å². The largest absolute Gasteiger partial charge is 0.289 e. The molecule has 1 N–H and O–H groups in total. The Kier molecular flexibility index (Phi) is 2.40. The Morgan fingerprint density at radius 1 is 1.70 bits per heavy atom. The number of aromatic nitrogens is 1. The predicted molar refractivity (Wildman–Crippen MR) is 44.6 cm³/mol. The van der Waals surface area contributed by atoms with E-state index in [0.717, 1.165) is 0 Å². The summed E-state index contributed by atoms with van der Waals surface area (Å²) in [4.78, 5) is 3.88. The van der Waals surface area contributed by atoms with Crippen molar-refractivity contribution in [1.29, 1.82) is 5.41 Å². The van der Waals surface area contributed by atoms with Gasteiger partial charge in [-0.2, -0.15) is 0 Å². The molecular formula is C6H4BrClN2. The number of nitrogens with zero attached hydrogens (tertiary/aromatic N) is 1. The second-order valence-electron chi connectivity index (χ2n) is 1.68. The minimum Gasteiger partial charge on any atom is -0.289 e. The molecule has 4 heteroatoms. The highest BCUT2D eigenvalue weighted by Crippen LogP contribution is 2.09. The SMILES string of the molecule is N=C(Cl)c1ccnc(Br)c1. The Balaban J connectivity index is 3.07. The van der Waals surface area contributed by atoms with Gasteiger partial charge >= 0.3 is 0 Å². The summed E-state index contributed by atoms with van der Waals surface area (Å²) in [6, 6.07) is 3.37. The molecule has 0 amide bonds. The van der Waals surface area contributed by atoms with Crippen LogP contribution in [0.5, 0.6) is 0 Å². The first-order chi connectivity index (χ1) is 4.70. The van der Waals surface area contributed by atoms with Crippen LogP contribution in [0.1, 0.15) is 5.56 Å². The molecule has 0 aliphatic heterocycles. The van der Waals surface area contributed by atoms with E-state index < -0.39 is 0 Å². The molecular weight excluding hydrogens is 215 g/mol. The fourth-order valence-electron chi connectivity index (χ4n) is 0.539. The highest BCUT2D eigenvalue weighted by Gasteiger charge is 1.96. The van der Waals surface area contributed by atoms with Gasteiger partial charge in [-0.05, 0) is 28.1 Å². The molecule has 0 aliphatic rings. The van der Waals surface area contributed by atoms with Crippen LogP contribution in [-0.2, 0) is 0 Å². The van der Waals surface area contributed by atoms with Gasteiger partial charge in [-0.25, -0.2) is 4.98 Å². The van der Waals surface area contributed by atoms with E-state index in [0.29, 0.717) is 10.2 Å². The average Bonchev–Trinajstić information content (AvgIpc) is 1.88. The quantitative estimate of drug-likeness (QED) is 0.571. The summed E-state index contributed by atoms with van der Waals surface area (Å²) in [5.41, 5.74) is 0.670. The van der Waals surface area contributed by atoms with Gasteiger partial charge in [0.2, 0.25) is 0 Å². The molecule has 1 aromatic heterocycles. The molecule has 0 fully saturated rings. The van der Waals surface area contributed by atoms with E-state index in [-0.39, 0.29) is 5.17 Å². The molecule has 1 heterocycles. The molecule has 0 atom stereocenters. The molecule has 0 unspecified atom stereocenters. The van der Waals surface area contributed by atoms with E-state index in [1.807, 2.05) is 0 Å². The third kappa shape index (κ3) is 1.78. The summed E-state index contributed by atoms with van der Waals surface area (Å²) >= 11 is 8.57. The molecule has 1 aromatic rings. The molecule has 0 aromatic carbocycles. The van der Waals surface area contributed by atoms with Gasteiger partial charge in [0, 0.05) is 11.8 Å². The first-order valence-corrected chi connectivity index (χ1v) is 3.73. The number of hydrogen-bond donors (Lipinski definition) is 1. The Labute approximate surface area is 71.9 Å². The molecule has 0 saturated carbocycles. The average molecular weight is 219 g/mol. The van der Waals surface area contributed by atoms with E-state index in [4.69, 9.17) is 17.0 Å². The summed E-state index contributed by atoms with van der Waals surface area (Å²) in [7, 11) is 0. The third-order valence-corrected chi connectivity index (χ3v) is 1.63. The molecule has 0 bridgehead atoms. The molecule has 2 nitrogen and oxygen atoms in total. The van der Waals surface area contributed by atoms with Gasteiger partial charge in [-0.3, -0.25) is 5.41 Å². The smallest absolute Gasteiger partial charge is 0.128 e. The Morgan fingerprint density at radius 3 is 2.80 bits per heavy atom. The molecule has 52 valence electrons. The maximum atomic E-state index is 7.05. The van der Waals surface area contributed by atoms with E-state index in [2.05, 4.69) is 20.9 Å². The van der Waals surface area contributed by atoms with Crippen molar-refractivity contribution in [3.8, 4) is 0 Å². The monoisotopic (exact) mass is 218 g/mol. The number of halogens is 2. The van der Waals surface area contributed by atoms with Crippen LogP contribution in [0.4, 0.5) is 0 Å². The van der Waals surface area contributed by atoms with Crippen molar-refractivity contribution in [3.05, 3.63) is 28.5 Å². The maximum Gasteiger partial charge on any atom is 0.128 e. The van der Waals surface area contributed by atoms with Crippen molar-refractivity contribution in [2.45, 2.75) is 0 Å². The highest BCUT2D eigenvalue weighted by molar-refractivity contribution is 9.10. The predicted octanol–water partition coefficient (Wildman–Crippen LogP) is 2.41. The Bertz CT molecular complexity index is 262. The zero-order valence-corrected chi connectivity index (χ0v) is 7.28. The summed E-state index contributed by atoms with van der Waals surface area (Å²) in [6.07, 6.45) is 1.59. The Hall–Kier alpha value is -0.410. The zero-order valence-electron chi connectivity index (χ0n) is 4.94. The van der Waals surface area contributed by atoms with Crippen LogP contribution in [0.3, 0.4) is 0 Å². The fraction of sp³-hybridized carbons (Fsp3) is 0. The van der Waals surface area contributed by atoms with Gasteiger partial charge in [-0.1, -0.05) is 11.6 Å². The van der Waals surface area contributed by atoms with Gasteiger partial charge in [0.15, 0.2) is 0 Å². The first-order valence-electron chi connectivity index (χ1n) is 2.56. The van der Waals surface area contributed by atoms with E-state index in [1.165, 1.54) is 0 Å². The van der Waals surface area contributed by atoms with Gasteiger partial charge in [0.05, 0.1) is 0 Å². The second kappa shape index (κ2) is 3.12. The van der Waals surface area contributed by atoms with Crippen LogP contribution < -0.4 is 0 Å². The van der Waals surface area contributed by atoms with Crippen molar-refractivity contribution in [2.75, 3.05) is 0 Å². The van der Waals surface area contributed by atoms with Crippen LogP contribution in [0.25, 0.3) is 0 Å². The summed E-state index contributed by atoms with van der Waals surface area (Å²) < 4.78 is 0.690. The van der Waals surface area contributed by atoms with Crippen LogP contribution >= 0.6 is 27.5 Å². The van der Waals surface area contributed by atoms with Crippen LogP contribution in [0, 0.1) is 5.41 Å². The van der Waals surface area contributed by atoms with E-state index in [9.17, 15) is 0 Å². The summed E-state index contributed by atoms with van der Waals surface area (Å²) in [5.74, 6) is 0. The van der Waals surface area contributed by atoms with Crippen molar-refractivity contribution < 1.29 is 0 Å². The summed E-state index contributed by atoms with van der Waals surface area (Å²) in [5, 5.41) is 7.08. The normalized spacial score (nSPS) is 9.40. The molecule has 0 radical (unpaired) electrons. The number of rotatable bonds is 1. The van der Waals surface area contributed by atoms with Gasteiger partial charge in [-0.15, -0.1) is 0 Å². The first kappa shape index (κ1) is 7.69. The van der Waals surface area contributed by atoms with Crippen LogP contribution in [0.15, 0.2) is 22.9 Å². The standard InChI is InChI=1S/C6H4BrClN2/c7-5-3-4(6(8)9)1-2-10-5/h1-3,9H. The lowest BCUT2D eigenvalue weighted by atomic mass is 10.3. The lowest BCUT2D eigenvalue weighted by molar-refractivity contribution is 1.27. The number of nitrogens with one attached hydrogen (secondary N) is 1. The second-order valence-corrected chi connectivity index (χ2v) is 2.87. The lowest BCUT2D eigenvalue weighted by Gasteiger charge is -1.93. The maximum absolute atomic E-state index is 7.05. The topological polar surface area (TPSA) is 36.7 Å². The van der Waals surface area contributed by atoms with E-state index in [1.54, 1.807) is 18.3 Å². The molecule has 10 heavy (non-hydrogen) atoms. The van der Waals surface area contributed by atoms with Gasteiger partial charge < -0.3 is 0 Å². The van der Waals surface area contributed by atoms with Crippen molar-refractivity contribution in [3.63, 3.8) is 0 Å². The molecule has 1 rings (SSSR count). The minimum absolute atomic E-state index is 0.0306. The minimum atomic E-state index is 0.0306. The van der Waals surface area contributed by atoms with Gasteiger partial charge in [0.1, 0.15) is 9.77 Å². The highest BCUT2D eigenvalue weighted by atomic mass is 79.9. The van der Waals surface area contributed by atoms with Crippen molar-refractivity contribution in [2.24, 2.45) is 0 Å². The molecule has 0 aliphatic carbocycles. The third-order valence-electron chi connectivity index (χ3n) is 0.980. The number of pyridine rings is 1. The fourth-order valence-corrected chi connectivity index (χ4v) is 1.02. The van der Waals surface area contributed by atoms with E-state index >= 15 is 0 Å². The van der Waals surface area contributed by atoms with Crippen LogP contribution in [-0.4, -0.2) is 10.2 Å². The molecule has 0 spiro atoms. The van der Waals surface area contributed by atoms with Crippen LogP contribution in [0.2, 0.25) is 0 Å². The Morgan fingerprint density at radius 2 is 2.40 bits per heavy atom. The lowest BCUT2D eigenvalue weighted by Crippen LogP contribution is -1.88. The number of hydrogen-bond acceptors (Lipinski definition) is 2. The summed E-state index contributed by atoms with van der Waals surface area (Å²) in [6.45, 7) is 0. The van der Waals surface area contributed by atoms with Gasteiger partial charge in [0.25, 0.3) is 0 Å².